The van der Waals surface area contributed by atoms with Crippen LogP contribution in [0.2, 0.25) is 0 Å². The lowest BCUT2D eigenvalue weighted by Crippen LogP contribution is -2.29. The van der Waals surface area contributed by atoms with Crippen LogP contribution in [0.1, 0.15) is 63.4 Å². The van der Waals surface area contributed by atoms with Crippen molar-refractivity contribution in [1.82, 2.24) is 9.78 Å². The molecule has 0 spiro atoms. The Balaban J connectivity index is 3.62. The van der Waals surface area contributed by atoms with Crippen LogP contribution in [0.15, 0.2) is 10.9 Å². The molecular weight excluding hydrogens is 212 g/mol. The van der Waals surface area contributed by atoms with Gasteiger partial charge in [0.2, 0.25) is 0 Å². The number of allylic oxidation sites excluding steroid dienone is 1. The van der Waals surface area contributed by atoms with Crippen molar-refractivity contribution >= 4 is 6.08 Å². The maximum Gasteiger partial charge on any atom is 0.270 e. The summed E-state index contributed by atoms with van der Waals surface area (Å²) in [6.07, 6.45) is 3.93. The Hall–Kier alpha value is -1.38. The minimum Gasteiger partial charge on any atom is -0.267 e. The number of rotatable bonds is 3. The lowest BCUT2D eigenvalue weighted by atomic mass is 10.0. The molecule has 0 unspecified atom stereocenters. The van der Waals surface area contributed by atoms with Gasteiger partial charge in [-0.1, -0.05) is 26.0 Å². The summed E-state index contributed by atoms with van der Waals surface area (Å²) in [6, 6.07) is 0.0957. The topological polar surface area (TPSA) is 34.9 Å². The van der Waals surface area contributed by atoms with E-state index in [1.807, 2.05) is 39.8 Å². The van der Waals surface area contributed by atoms with Crippen molar-refractivity contribution in [2.45, 2.75) is 53.5 Å². The Labute approximate surface area is 103 Å². The lowest BCUT2D eigenvalue weighted by Gasteiger charge is -2.17. The van der Waals surface area contributed by atoms with Crippen LogP contribution in [-0.4, -0.2) is 9.78 Å². The van der Waals surface area contributed by atoms with Gasteiger partial charge in [0, 0.05) is 11.1 Å². The monoisotopic (exact) mass is 234 g/mol. The molecule has 0 bridgehead atoms. The molecule has 0 N–H and O–H groups in total. The van der Waals surface area contributed by atoms with Crippen molar-refractivity contribution in [2.75, 3.05) is 0 Å². The Morgan fingerprint density at radius 2 is 1.82 bits per heavy atom. The number of hydrogen-bond donors (Lipinski definition) is 0. The first-order valence-corrected chi connectivity index (χ1v) is 6.16. The zero-order valence-corrected chi connectivity index (χ0v) is 11.6. The van der Waals surface area contributed by atoms with Gasteiger partial charge in [0.15, 0.2) is 0 Å². The maximum atomic E-state index is 12.1. The predicted octanol–water partition coefficient (Wildman–Crippen LogP) is 3.29. The summed E-state index contributed by atoms with van der Waals surface area (Å²) >= 11 is 0. The van der Waals surface area contributed by atoms with Gasteiger partial charge in [-0.15, -0.1) is 0 Å². The first-order chi connectivity index (χ1) is 7.90. The molecule has 0 saturated heterocycles. The Morgan fingerprint density at radius 3 is 2.24 bits per heavy atom. The molecule has 94 valence electrons. The summed E-state index contributed by atoms with van der Waals surface area (Å²) in [5.74, 6) is 0.311. The van der Waals surface area contributed by atoms with E-state index in [1.165, 1.54) is 0 Å². The molecule has 0 aromatic carbocycles. The Bertz CT molecular complexity index is 482. The summed E-state index contributed by atoms with van der Waals surface area (Å²) in [6.45, 7) is 12.0. The summed E-state index contributed by atoms with van der Waals surface area (Å²) < 4.78 is 1.58. The van der Waals surface area contributed by atoms with E-state index in [2.05, 4.69) is 18.9 Å². The first-order valence-electron chi connectivity index (χ1n) is 6.16. The molecule has 3 nitrogen and oxygen atoms in total. The van der Waals surface area contributed by atoms with E-state index < -0.39 is 0 Å². The quantitative estimate of drug-likeness (QED) is 0.804. The van der Waals surface area contributed by atoms with Crippen molar-refractivity contribution < 1.29 is 0 Å². The molecule has 1 rings (SSSR count). The van der Waals surface area contributed by atoms with Crippen molar-refractivity contribution in [1.29, 1.82) is 0 Å². The van der Waals surface area contributed by atoms with Crippen LogP contribution in [0.25, 0.3) is 6.08 Å². The fraction of sp³-hybridized carbons (Fsp3) is 0.571. The minimum atomic E-state index is 0.0116. The third-order valence-corrected chi connectivity index (χ3v) is 2.79. The summed E-state index contributed by atoms with van der Waals surface area (Å²) in [5.41, 5.74) is 2.77. The lowest BCUT2D eigenvalue weighted by molar-refractivity contribution is 0.485. The second-order valence-corrected chi connectivity index (χ2v) is 4.92. The highest BCUT2D eigenvalue weighted by Crippen LogP contribution is 2.20. The van der Waals surface area contributed by atoms with Gasteiger partial charge in [-0.25, -0.2) is 4.68 Å². The molecular formula is C14H22N2O. The van der Waals surface area contributed by atoms with Crippen LogP contribution in [0, 0.1) is 6.92 Å². The minimum absolute atomic E-state index is 0.0116. The molecule has 3 heteroatoms. The third kappa shape index (κ3) is 2.65. The van der Waals surface area contributed by atoms with Gasteiger partial charge in [-0.3, -0.25) is 4.79 Å². The largest absolute Gasteiger partial charge is 0.270 e. The second kappa shape index (κ2) is 5.30. The van der Waals surface area contributed by atoms with E-state index in [4.69, 9.17) is 0 Å². The van der Waals surface area contributed by atoms with Crippen molar-refractivity contribution in [3.05, 3.63) is 33.3 Å². The third-order valence-electron chi connectivity index (χ3n) is 2.79. The van der Waals surface area contributed by atoms with Crippen molar-refractivity contribution in [3.8, 4) is 0 Å². The van der Waals surface area contributed by atoms with Crippen LogP contribution in [0.3, 0.4) is 0 Å². The van der Waals surface area contributed by atoms with E-state index >= 15 is 0 Å². The van der Waals surface area contributed by atoms with Crippen LogP contribution in [0.4, 0.5) is 0 Å². The molecule has 0 radical (unpaired) electrons. The van der Waals surface area contributed by atoms with Gasteiger partial charge in [-0.2, -0.15) is 5.10 Å². The molecule has 0 aliphatic carbocycles. The van der Waals surface area contributed by atoms with E-state index in [9.17, 15) is 4.79 Å². The Kier molecular flexibility index (Phi) is 4.27. The van der Waals surface area contributed by atoms with Gasteiger partial charge in [0.05, 0.1) is 11.7 Å². The molecule has 1 aromatic heterocycles. The van der Waals surface area contributed by atoms with Gasteiger partial charge < -0.3 is 0 Å². The summed E-state index contributed by atoms with van der Waals surface area (Å²) in [7, 11) is 0. The molecule has 0 fully saturated rings. The van der Waals surface area contributed by atoms with E-state index in [0.717, 1.165) is 16.8 Å². The fourth-order valence-corrected chi connectivity index (χ4v) is 1.85. The second-order valence-electron chi connectivity index (χ2n) is 4.92. The van der Waals surface area contributed by atoms with E-state index in [-0.39, 0.29) is 11.6 Å². The van der Waals surface area contributed by atoms with E-state index in [1.54, 1.807) is 4.68 Å². The van der Waals surface area contributed by atoms with Crippen LogP contribution in [-0.2, 0) is 0 Å². The van der Waals surface area contributed by atoms with Crippen LogP contribution in [0.5, 0.6) is 0 Å². The maximum absolute atomic E-state index is 12.1. The molecule has 1 heterocycles. The SMILES string of the molecule is C/C=C\c1c(C(C)C)nn(C(C)C)c(=O)c1C. The zero-order valence-electron chi connectivity index (χ0n) is 11.6. The van der Waals surface area contributed by atoms with Gasteiger partial charge in [-0.05, 0) is 33.6 Å². The number of hydrogen-bond acceptors (Lipinski definition) is 2. The van der Waals surface area contributed by atoms with Gasteiger partial charge in [0.1, 0.15) is 0 Å². The average Bonchev–Trinajstić information content (AvgIpc) is 2.24. The van der Waals surface area contributed by atoms with Crippen LogP contribution >= 0.6 is 0 Å². The van der Waals surface area contributed by atoms with Crippen molar-refractivity contribution in [2.24, 2.45) is 0 Å². The predicted molar refractivity (Wildman–Crippen MR) is 72.4 cm³/mol. The molecule has 1 aromatic rings. The molecule has 0 aliphatic rings. The standard InChI is InChI=1S/C14H22N2O/c1-7-8-12-11(6)14(17)16(10(4)5)15-13(12)9(2)3/h7-10H,1-6H3/b8-7-. The Morgan fingerprint density at radius 1 is 1.24 bits per heavy atom. The normalized spacial score (nSPS) is 12.0. The molecule has 0 amide bonds. The van der Waals surface area contributed by atoms with Gasteiger partial charge >= 0.3 is 0 Å². The first kappa shape index (κ1) is 13.7. The number of aromatic nitrogens is 2. The zero-order chi connectivity index (χ0) is 13.2. The van der Waals surface area contributed by atoms with E-state index in [0.29, 0.717) is 5.92 Å². The van der Waals surface area contributed by atoms with Crippen LogP contribution < -0.4 is 5.56 Å². The highest BCUT2D eigenvalue weighted by molar-refractivity contribution is 5.55. The fourth-order valence-electron chi connectivity index (χ4n) is 1.85. The number of nitrogens with zero attached hydrogens (tertiary/aromatic N) is 2. The highest BCUT2D eigenvalue weighted by atomic mass is 16.1. The molecule has 0 atom stereocenters. The molecule has 17 heavy (non-hydrogen) atoms. The molecule has 0 saturated carbocycles. The smallest absolute Gasteiger partial charge is 0.267 e. The molecule has 0 aliphatic heterocycles. The average molecular weight is 234 g/mol. The highest BCUT2D eigenvalue weighted by Gasteiger charge is 2.15. The van der Waals surface area contributed by atoms with Crippen molar-refractivity contribution in [3.63, 3.8) is 0 Å². The summed E-state index contributed by atoms with van der Waals surface area (Å²) in [4.78, 5) is 12.1. The summed E-state index contributed by atoms with van der Waals surface area (Å²) in [5, 5.41) is 4.50. The van der Waals surface area contributed by atoms with Gasteiger partial charge in [0.25, 0.3) is 5.56 Å².